The number of piperazine rings is 1. The summed E-state index contributed by atoms with van der Waals surface area (Å²) < 4.78 is 22.1. The summed E-state index contributed by atoms with van der Waals surface area (Å²) in [5.41, 5.74) is 2.96. The van der Waals surface area contributed by atoms with Crippen LogP contribution in [0.3, 0.4) is 0 Å². The van der Waals surface area contributed by atoms with Gasteiger partial charge in [0.05, 0.1) is 24.0 Å². The zero-order valence-corrected chi connectivity index (χ0v) is 16.7. The average Bonchev–Trinajstić information content (AvgIpc) is 3.20. The first kappa shape index (κ1) is 19.4. The Balaban J connectivity index is 1.31. The number of aryl methyl sites for hydroxylation is 1. The number of amides is 2. The van der Waals surface area contributed by atoms with Crippen LogP contribution in [0.5, 0.6) is 0 Å². The lowest BCUT2D eigenvalue weighted by atomic mass is 10.1. The number of benzene rings is 2. The summed E-state index contributed by atoms with van der Waals surface area (Å²) >= 11 is 1.11. The molecule has 0 atom stereocenters. The van der Waals surface area contributed by atoms with E-state index in [4.69, 9.17) is 0 Å². The van der Waals surface area contributed by atoms with Crippen molar-refractivity contribution in [2.24, 2.45) is 0 Å². The molecule has 1 aromatic heterocycles. The Morgan fingerprint density at radius 3 is 2.69 bits per heavy atom. The van der Waals surface area contributed by atoms with E-state index in [0.29, 0.717) is 48.5 Å². The van der Waals surface area contributed by atoms with Crippen LogP contribution >= 0.6 is 11.7 Å². The highest BCUT2D eigenvalue weighted by atomic mass is 32.1. The lowest BCUT2D eigenvalue weighted by Crippen LogP contribution is -2.50. The number of rotatable bonds is 4. The van der Waals surface area contributed by atoms with E-state index < -0.39 is 0 Å². The number of hydrogen-bond donors (Lipinski definition) is 1. The predicted molar refractivity (Wildman–Crippen MR) is 110 cm³/mol. The summed E-state index contributed by atoms with van der Waals surface area (Å²) in [5.74, 6) is -0.696. The monoisotopic (exact) mass is 413 g/mol. The molecule has 0 radical (unpaired) electrons. The Morgan fingerprint density at radius 1 is 1.14 bits per heavy atom. The van der Waals surface area contributed by atoms with Crippen LogP contribution in [0, 0.1) is 12.7 Å². The molecular weight excluding hydrogens is 393 g/mol. The summed E-state index contributed by atoms with van der Waals surface area (Å²) in [7, 11) is 0. The van der Waals surface area contributed by atoms with Crippen LogP contribution in [-0.4, -0.2) is 63.1 Å². The Labute approximate surface area is 171 Å². The first-order chi connectivity index (χ1) is 14.0. The van der Waals surface area contributed by atoms with Crippen molar-refractivity contribution in [1.82, 2.24) is 18.5 Å². The number of anilines is 1. The maximum absolute atomic E-state index is 13.7. The highest BCUT2D eigenvalue weighted by Gasteiger charge is 2.24. The first-order valence-electron chi connectivity index (χ1n) is 9.30. The van der Waals surface area contributed by atoms with Gasteiger partial charge < -0.3 is 10.2 Å². The van der Waals surface area contributed by atoms with Gasteiger partial charge in [-0.15, -0.1) is 0 Å². The minimum atomic E-state index is -0.378. The fraction of sp³-hybridized carbons (Fsp3) is 0.300. The Hall–Kier alpha value is -2.91. The van der Waals surface area contributed by atoms with Gasteiger partial charge in [0.15, 0.2) is 0 Å². The molecule has 1 N–H and O–H groups in total. The number of aromatic nitrogens is 2. The third-order valence-electron chi connectivity index (χ3n) is 5.01. The summed E-state index contributed by atoms with van der Waals surface area (Å²) in [5, 5.41) is 2.89. The first-order valence-corrected chi connectivity index (χ1v) is 10.0. The molecule has 7 nitrogen and oxygen atoms in total. The molecule has 0 saturated carbocycles. The second kappa shape index (κ2) is 8.22. The smallest absolute Gasteiger partial charge is 0.254 e. The van der Waals surface area contributed by atoms with Gasteiger partial charge in [0.1, 0.15) is 16.9 Å². The van der Waals surface area contributed by atoms with Gasteiger partial charge in [0.2, 0.25) is 5.91 Å². The predicted octanol–water partition coefficient (Wildman–Crippen LogP) is 2.54. The average molecular weight is 413 g/mol. The molecule has 4 rings (SSSR count). The van der Waals surface area contributed by atoms with Crippen LogP contribution in [0.25, 0.3) is 11.0 Å². The molecule has 2 amide bonds. The molecule has 0 spiro atoms. The molecular formula is C20H20FN5O2S. The number of nitrogens with one attached hydrogen (secondary N) is 1. The summed E-state index contributed by atoms with van der Waals surface area (Å²) in [6.45, 7) is 4.04. The van der Waals surface area contributed by atoms with Crippen LogP contribution in [0.1, 0.15) is 15.9 Å². The van der Waals surface area contributed by atoms with Crippen molar-refractivity contribution in [2.75, 3.05) is 38.0 Å². The molecule has 2 heterocycles. The van der Waals surface area contributed by atoms with Gasteiger partial charge >= 0.3 is 0 Å². The minimum Gasteiger partial charge on any atom is -0.336 e. The fourth-order valence-corrected chi connectivity index (χ4v) is 3.87. The Morgan fingerprint density at radius 2 is 1.93 bits per heavy atom. The molecule has 3 aromatic rings. The molecule has 0 bridgehead atoms. The number of carbonyl (C=O) groups is 2. The second-order valence-electron chi connectivity index (χ2n) is 7.02. The number of carbonyl (C=O) groups excluding carboxylic acids is 2. The third kappa shape index (κ3) is 4.25. The van der Waals surface area contributed by atoms with E-state index in [1.165, 1.54) is 6.07 Å². The largest absolute Gasteiger partial charge is 0.336 e. The molecule has 0 unspecified atom stereocenters. The summed E-state index contributed by atoms with van der Waals surface area (Å²) in [4.78, 5) is 28.7. The zero-order chi connectivity index (χ0) is 20.4. The van der Waals surface area contributed by atoms with Gasteiger partial charge in [-0.3, -0.25) is 14.5 Å². The molecule has 1 aliphatic rings. The number of hydrogen-bond acceptors (Lipinski definition) is 6. The standard InChI is InChI=1S/C20H20FN5O2S/c1-13-5-6-14(11-15(13)21)20(28)26-9-7-25(8-10-26)12-18(27)22-16-3-2-4-17-19(16)24-29-23-17/h2-6,11H,7-10,12H2,1H3,(H,22,27). The number of halogens is 1. The summed E-state index contributed by atoms with van der Waals surface area (Å²) in [6.07, 6.45) is 0. The zero-order valence-electron chi connectivity index (χ0n) is 15.9. The van der Waals surface area contributed by atoms with Crippen LogP contribution in [0.2, 0.25) is 0 Å². The van der Waals surface area contributed by atoms with Crippen molar-refractivity contribution in [1.29, 1.82) is 0 Å². The number of fused-ring (bicyclic) bond motifs is 1. The van der Waals surface area contributed by atoms with Gasteiger partial charge in [0, 0.05) is 31.7 Å². The van der Waals surface area contributed by atoms with Gasteiger partial charge in [-0.1, -0.05) is 12.1 Å². The second-order valence-corrected chi connectivity index (χ2v) is 7.55. The van der Waals surface area contributed by atoms with Crippen molar-refractivity contribution >= 4 is 40.3 Å². The van der Waals surface area contributed by atoms with E-state index in [-0.39, 0.29) is 24.2 Å². The van der Waals surface area contributed by atoms with Crippen LogP contribution < -0.4 is 5.32 Å². The lowest BCUT2D eigenvalue weighted by molar-refractivity contribution is -0.117. The van der Waals surface area contributed by atoms with E-state index in [1.54, 1.807) is 30.0 Å². The third-order valence-corrected chi connectivity index (χ3v) is 5.55. The van der Waals surface area contributed by atoms with Crippen LogP contribution in [0.15, 0.2) is 36.4 Å². The number of nitrogens with zero attached hydrogens (tertiary/aromatic N) is 4. The SMILES string of the molecule is Cc1ccc(C(=O)N2CCN(CC(=O)Nc3cccc4nsnc34)CC2)cc1F. The quantitative estimate of drug-likeness (QED) is 0.711. The highest BCUT2D eigenvalue weighted by Crippen LogP contribution is 2.21. The lowest BCUT2D eigenvalue weighted by Gasteiger charge is -2.34. The minimum absolute atomic E-state index is 0.133. The van der Waals surface area contributed by atoms with Crippen LogP contribution in [0.4, 0.5) is 10.1 Å². The van der Waals surface area contributed by atoms with Crippen molar-refractivity contribution in [3.8, 4) is 0 Å². The normalized spacial score (nSPS) is 14.9. The molecule has 29 heavy (non-hydrogen) atoms. The summed E-state index contributed by atoms with van der Waals surface area (Å²) in [6, 6.07) is 10.0. The molecule has 2 aromatic carbocycles. The van der Waals surface area contributed by atoms with Crippen molar-refractivity contribution in [2.45, 2.75) is 6.92 Å². The van der Waals surface area contributed by atoms with Crippen molar-refractivity contribution in [3.63, 3.8) is 0 Å². The molecule has 9 heteroatoms. The Bertz CT molecular complexity index is 1060. The molecule has 150 valence electrons. The van der Waals surface area contributed by atoms with E-state index in [0.717, 1.165) is 17.2 Å². The van der Waals surface area contributed by atoms with Crippen molar-refractivity contribution < 1.29 is 14.0 Å². The van der Waals surface area contributed by atoms with E-state index in [2.05, 4.69) is 14.1 Å². The molecule has 1 fully saturated rings. The van der Waals surface area contributed by atoms with E-state index in [9.17, 15) is 14.0 Å². The van der Waals surface area contributed by atoms with Gasteiger partial charge in [0.25, 0.3) is 5.91 Å². The highest BCUT2D eigenvalue weighted by molar-refractivity contribution is 7.00. The van der Waals surface area contributed by atoms with Crippen LogP contribution in [-0.2, 0) is 4.79 Å². The Kier molecular flexibility index (Phi) is 5.50. The topological polar surface area (TPSA) is 78.4 Å². The van der Waals surface area contributed by atoms with Crippen molar-refractivity contribution in [3.05, 3.63) is 53.3 Å². The van der Waals surface area contributed by atoms with E-state index >= 15 is 0 Å². The van der Waals surface area contributed by atoms with Gasteiger partial charge in [-0.2, -0.15) is 8.75 Å². The fourth-order valence-electron chi connectivity index (χ4n) is 3.32. The van der Waals surface area contributed by atoms with Gasteiger partial charge in [-0.05, 0) is 36.8 Å². The molecule has 1 saturated heterocycles. The maximum Gasteiger partial charge on any atom is 0.254 e. The van der Waals surface area contributed by atoms with E-state index in [1.807, 2.05) is 17.0 Å². The molecule has 1 aliphatic heterocycles. The maximum atomic E-state index is 13.7. The molecule has 0 aliphatic carbocycles. The van der Waals surface area contributed by atoms with Gasteiger partial charge in [-0.25, -0.2) is 4.39 Å².